The number of aryl methyl sites for hydroxylation is 1. The number of aromatic nitrogens is 1. The Morgan fingerprint density at radius 2 is 2.20 bits per heavy atom. The first-order chi connectivity index (χ1) is 12.2. The largest absolute Gasteiger partial charge is 0.376 e. The van der Waals surface area contributed by atoms with Gasteiger partial charge in [-0.1, -0.05) is 0 Å². The lowest BCUT2D eigenvalue weighted by Crippen LogP contribution is -2.38. The molecular weight excluding hydrogens is 318 g/mol. The number of ether oxygens (including phenoxy) is 2. The average Bonchev–Trinajstić information content (AvgIpc) is 2.89. The van der Waals surface area contributed by atoms with E-state index in [0.717, 1.165) is 57.7 Å². The second-order valence-corrected chi connectivity index (χ2v) is 6.88. The number of carbonyl (C=O) groups excluding carboxylic acids is 1. The van der Waals surface area contributed by atoms with Gasteiger partial charge < -0.3 is 19.3 Å². The fourth-order valence-corrected chi connectivity index (χ4v) is 3.46. The lowest BCUT2D eigenvalue weighted by Gasteiger charge is -2.25. The summed E-state index contributed by atoms with van der Waals surface area (Å²) in [6.07, 6.45) is 6.35. The molecule has 3 heterocycles. The summed E-state index contributed by atoms with van der Waals surface area (Å²) in [5, 5.41) is 0. The quantitative estimate of drug-likeness (QED) is 0.816. The molecule has 0 radical (unpaired) electrons. The molecule has 0 saturated carbocycles. The molecule has 6 nitrogen and oxygen atoms in total. The maximum Gasteiger partial charge on any atom is 0.248 e. The maximum atomic E-state index is 12.4. The SMILES string of the molecule is Cc1cc(N2CCCN(C(=O)COC[C@@H]3CCCCO3)CC2)ccn1. The third-order valence-electron chi connectivity index (χ3n) is 4.90. The van der Waals surface area contributed by atoms with Gasteiger partial charge in [-0.3, -0.25) is 9.78 Å². The number of hydrogen-bond donors (Lipinski definition) is 0. The molecule has 138 valence electrons. The molecule has 1 atom stereocenters. The molecule has 0 N–H and O–H groups in total. The lowest BCUT2D eigenvalue weighted by atomic mass is 10.1. The number of anilines is 1. The van der Waals surface area contributed by atoms with Gasteiger partial charge >= 0.3 is 0 Å². The van der Waals surface area contributed by atoms with Crippen molar-refractivity contribution < 1.29 is 14.3 Å². The lowest BCUT2D eigenvalue weighted by molar-refractivity contribution is -0.138. The number of pyridine rings is 1. The van der Waals surface area contributed by atoms with Crippen molar-refractivity contribution in [2.75, 3.05) is 50.9 Å². The van der Waals surface area contributed by atoms with Crippen LogP contribution in [0.1, 0.15) is 31.4 Å². The standard InChI is InChI=1S/C19H29N3O3/c1-16-13-17(6-7-20-16)21-8-4-9-22(11-10-21)19(23)15-24-14-18-5-2-3-12-25-18/h6-7,13,18H,2-5,8-12,14-15H2,1H3/t18-/m0/s1. The molecule has 1 aromatic rings. The zero-order valence-corrected chi connectivity index (χ0v) is 15.2. The van der Waals surface area contributed by atoms with Gasteiger partial charge in [0.1, 0.15) is 6.61 Å². The monoisotopic (exact) mass is 347 g/mol. The van der Waals surface area contributed by atoms with E-state index >= 15 is 0 Å². The summed E-state index contributed by atoms with van der Waals surface area (Å²) < 4.78 is 11.3. The number of amides is 1. The van der Waals surface area contributed by atoms with Crippen LogP contribution in [0.25, 0.3) is 0 Å². The summed E-state index contributed by atoms with van der Waals surface area (Å²) in [5.41, 5.74) is 2.21. The van der Waals surface area contributed by atoms with E-state index in [-0.39, 0.29) is 18.6 Å². The van der Waals surface area contributed by atoms with E-state index in [4.69, 9.17) is 9.47 Å². The van der Waals surface area contributed by atoms with E-state index in [0.29, 0.717) is 6.61 Å². The van der Waals surface area contributed by atoms with Gasteiger partial charge in [-0.2, -0.15) is 0 Å². The molecule has 0 aromatic carbocycles. The number of carbonyl (C=O) groups is 1. The van der Waals surface area contributed by atoms with Gasteiger partial charge in [-0.05, 0) is 44.7 Å². The van der Waals surface area contributed by atoms with Gasteiger partial charge in [-0.15, -0.1) is 0 Å². The molecule has 2 aliphatic heterocycles. The molecule has 2 aliphatic rings. The van der Waals surface area contributed by atoms with Crippen molar-refractivity contribution >= 4 is 11.6 Å². The molecule has 1 aromatic heterocycles. The van der Waals surface area contributed by atoms with E-state index in [2.05, 4.69) is 16.0 Å². The van der Waals surface area contributed by atoms with Gasteiger partial charge in [0.25, 0.3) is 0 Å². The van der Waals surface area contributed by atoms with Gasteiger partial charge in [0.2, 0.25) is 5.91 Å². The van der Waals surface area contributed by atoms with E-state index in [9.17, 15) is 4.79 Å². The Hall–Kier alpha value is -1.66. The van der Waals surface area contributed by atoms with E-state index in [1.807, 2.05) is 24.1 Å². The van der Waals surface area contributed by atoms with Crippen LogP contribution in [-0.4, -0.2) is 67.9 Å². The Bertz CT molecular complexity index is 561. The van der Waals surface area contributed by atoms with Crippen molar-refractivity contribution in [3.8, 4) is 0 Å². The van der Waals surface area contributed by atoms with Gasteiger partial charge in [-0.25, -0.2) is 0 Å². The topological polar surface area (TPSA) is 54.9 Å². The predicted octanol–water partition coefficient (Wildman–Crippen LogP) is 2.01. The first kappa shape index (κ1) is 18.1. The first-order valence-corrected chi connectivity index (χ1v) is 9.37. The summed E-state index contributed by atoms with van der Waals surface area (Å²) in [6, 6.07) is 4.14. The molecule has 2 saturated heterocycles. The van der Waals surface area contributed by atoms with Crippen molar-refractivity contribution in [2.45, 2.75) is 38.7 Å². The summed E-state index contributed by atoms with van der Waals surface area (Å²) in [4.78, 5) is 20.9. The zero-order valence-electron chi connectivity index (χ0n) is 15.2. The first-order valence-electron chi connectivity index (χ1n) is 9.37. The second kappa shape index (κ2) is 9.15. The number of rotatable bonds is 5. The summed E-state index contributed by atoms with van der Waals surface area (Å²) in [7, 11) is 0. The molecule has 0 aliphatic carbocycles. The fourth-order valence-electron chi connectivity index (χ4n) is 3.46. The van der Waals surface area contributed by atoms with Crippen molar-refractivity contribution in [1.82, 2.24) is 9.88 Å². The van der Waals surface area contributed by atoms with E-state index < -0.39 is 0 Å². The number of hydrogen-bond acceptors (Lipinski definition) is 5. The van der Waals surface area contributed by atoms with Crippen LogP contribution < -0.4 is 4.90 Å². The Labute approximate surface area is 150 Å². The van der Waals surface area contributed by atoms with Crippen molar-refractivity contribution in [3.05, 3.63) is 24.0 Å². The van der Waals surface area contributed by atoms with Gasteiger partial charge in [0, 0.05) is 50.4 Å². The molecule has 6 heteroatoms. The highest BCUT2D eigenvalue weighted by molar-refractivity contribution is 5.77. The van der Waals surface area contributed by atoms with Crippen LogP contribution in [0.15, 0.2) is 18.3 Å². The van der Waals surface area contributed by atoms with E-state index in [1.165, 1.54) is 12.1 Å². The molecule has 0 unspecified atom stereocenters. The van der Waals surface area contributed by atoms with Crippen LogP contribution in [0.4, 0.5) is 5.69 Å². The minimum atomic E-state index is 0.0866. The fraction of sp³-hybridized carbons (Fsp3) is 0.684. The summed E-state index contributed by atoms with van der Waals surface area (Å²) in [5.74, 6) is 0.0866. The Morgan fingerprint density at radius 1 is 1.28 bits per heavy atom. The zero-order chi connectivity index (χ0) is 17.5. The molecule has 2 fully saturated rings. The minimum absolute atomic E-state index is 0.0866. The molecule has 0 spiro atoms. The van der Waals surface area contributed by atoms with Crippen LogP contribution in [0.3, 0.4) is 0 Å². The Morgan fingerprint density at radius 3 is 3.00 bits per heavy atom. The van der Waals surface area contributed by atoms with Crippen LogP contribution in [0.2, 0.25) is 0 Å². The summed E-state index contributed by atoms with van der Waals surface area (Å²) >= 11 is 0. The van der Waals surface area contributed by atoms with Gasteiger partial charge in [0.05, 0.1) is 12.7 Å². The van der Waals surface area contributed by atoms with E-state index in [1.54, 1.807) is 0 Å². The average molecular weight is 347 g/mol. The third-order valence-corrected chi connectivity index (χ3v) is 4.90. The molecule has 0 bridgehead atoms. The molecular formula is C19H29N3O3. The smallest absolute Gasteiger partial charge is 0.248 e. The third kappa shape index (κ3) is 5.41. The highest BCUT2D eigenvalue weighted by Crippen LogP contribution is 2.17. The van der Waals surface area contributed by atoms with Gasteiger partial charge in [0.15, 0.2) is 0 Å². The van der Waals surface area contributed by atoms with Crippen molar-refractivity contribution in [3.63, 3.8) is 0 Å². The van der Waals surface area contributed by atoms with Crippen molar-refractivity contribution in [2.24, 2.45) is 0 Å². The normalized spacial score (nSPS) is 21.9. The van der Waals surface area contributed by atoms with Crippen LogP contribution in [-0.2, 0) is 14.3 Å². The molecule has 1 amide bonds. The Kier molecular flexibility index (Phi) is 6.64. The number of nitrogens with zero attached hydrogens (tertiary/aromatic N) is 3. The predicted molar refractivity (Wildman–Crippen MR) is 96.8 cm³/mol. The summed E-state index contributed by atoms with van der Waals surface area (Å²) in [6.45, 7) is 6.86. The minimum Gasteiger partial charge on any atom is -0.376 e. The van der Waals surface area contributed by atoms with Crippen LogP contribution >= 0.6 is 0 Å². The highest BCUT2D eigenvalue weighted by Gasteiger charge is 2.20. The highest BCUT2D eigenvalue weighted by atomic mass is 16.5. The van der Waals surface area contributed by atoms with Crippen LogP contribution in [0.5, 0.6) is 0 Å². The molecule has 3 rings (SSSR count). The molecule has 25 heavy (non-hydrogen) atoms. The maximum absolute atomic E-state index is 12.4. The van der Waals surface area contributed by atoms with Crippen molar-refractivity contribution in [1.29, 1.82) is 0 Å². The van der Waals surface area contributed by atoms with Crippen LogP contribution in [0, 0.1) is 6.92 Å². The Balaban J connectivity index is 1.43. The second-order valence-electron chi connectivity index (χ2n) is 6.88.